The van der Waals surface area contributed by atoms with E-state index in [1.165, 1.54) is 5.56 Å². The molecule has 8 heteroatoms. The van der Waals surface area contributed by atoms with Crippen LogP contribution in [0.15, 0.2) is 36.4 Å². The van der Waals surface area contributed by atoms with Crippen LogP contribution in [0.3, 0.4) is 0 Å². The number of rotatable bonds is 8. The van der Waals surface area contributed by atoms with Crippen molar-refractivity contribution >= 4 is 45.0 Å². The monoisotopic (exact) mass is 449 g/mol. The van der Waals surface area contributed by atoms with Crippen molar-refractivity contribution in [1.29, 1.82) is 0 Å². The highest BCUT2D eigenvalue weighted by Gasteiger charge is 2.21. The number of fused-ring (bicyclic) bond motifs is 1. The van der Waals surface area contributed by atoms with Crippen LogP contribution in [0.5, 0.6) is 11.5 Å². The molecule has 0 aliphatic carbocycles. The van der Waals surface area contributed by atoms with Gasteiger partial charge in [-0.15, -0.1) is 12.4 Å². The maximum Gasteiger partial charge on any atom is 0.266 e. The van der Waals surface area contributed by atoms with E-state index in [1.807, 2.05) is 37.2 Å². The molecule has 0 unspecified atom stereocenters. The molecule has 0 saturated carbocycles. The average molecular weight is 450 g/mol. The van der Waals surface area contributed by atoms with Crippen molar-refractivity contribution in [3.63, 3.8) is 0 Å². The van der Waals surface area contributed by atoms with E-state index in [1.54, 1.807) is 29.4 Å². The molecule has 162 valence electrons. The molecule has 1 heterocycles. The molecule has 0 spiro atoms. The van der Waals surface area contributed by atoms with Crippen LogP contribution in [0.4, 0.5) is 5.13 Å². The van der Waals surface area contributed by atoms with E-state index in [9.17, 15) is 4.79 Å². The van der Waals surface area contributed by atoms with E-state index in [2.05, 4.69) is 26.0 Å². The lowest BCUT2D eigenvalue weighted by Gasteiger charge is -2.22. The summed E-state index contributed by atoms with van der Waals surface area (Å²) in [6.07, 6.45) is 0. The van der Waals surface area contributed by atoms with Crippen LogP contribution >= 0.6 is 23.7 Å². The lowest BCUT2D eigenvalue weighted by molar-refractivity contribution is -0.120. The molecule has 0 saturated heterocycles. The number of aryl methyl sites for hydroxylation is 2. The van der Waals surface area contributed by atoms with E-state index in [0.29, 0.717) is 23.2 Å². The Morgan fingerprint density at radius 1 is 1.10 bits per heavy atom. The van der Waals surface area contributed by atoms with Gasteiger partial charge >= 0.3 is 0 Å². The number of carbonyl (C=O) groups excluding carboxylic acids is 1. The molecule has 3 rings (SSSR count). The minimum Gasteiger partial charge on any atom is -0.497 e. The van der Waals surface area contributed by atoms with Gasteiger partial charge in [0.25, 0.3) is 5.91 Å². The number of amides is 1. The number of methoxy groups -OCH3 is 1. The number of hydrogen-bond acceptors (Lipinski definition) is 6. The van der Waals surface area contributed by atoms with Crippen molar-refractivity contribution in [3.05, 3.63) is 47.5 Å². The lowest BCUT2D eigenvalue weighted by atomic mass is 10.1. The van der Waals surface area contributed by atoms with E-state index in [4.69, 9.17) is 14.5 Å². The first-order valence-corrected chi connectivity index (χ1v) is 10.3. The predicted molar refractivity (Wildman–Crippen MR) is 126 cm³/mol. The standard InChI is InChI=1S/C22H27N3O3S.ClH/c1-15-11-16(2)21-19(12-15)29-22(23-21)25(10-9-24(3)4)20(26)14-28-18-8-6-7-17(13-18)27-5;/h6-8,11-13H,9-10,14H2,1-5H3;1H. The molecule has 0 N–H and O–H groups in total. The van der Waals surface area contributed by atoms with Gasteiger partial charge in [0.1, 0.15) is 11.5 Å². The molecule has 0 aliphatic heterocycles. The molecule has 0 radical (unpaired) electrons. The highest BCUT2D eigenvalue weighted by molar-refractivity contribution is 7.22. The largest absolute Gasteiger partial charge is 0.497 e. The van der Waals surface area contributed by atoms with Gasteiger partial charge < -0.3 is 14.4 Å². The summed E-state index contributed by atoms with van der Waals surface area (Å²) < 4.78 is 12.0. The van der Waals surface area contributed by atoms with Gasteiger partial charge in [-0.1, -0.05) is 23.5 Å². The Labute approximate surface area is 187 Å². The summed E-state index contributed by atoms with van der Waals surface area (Å²) in [4.78, 5) is 21.6. The Hall–Kier alpha value is -2.35. The van der Waals surface area contributed by atoms with Crippen LogP contribution in [-0.2, 0) is 4.79 Å². The molecule has 0 bridgehead atoms. The zero-order valence-electron chi connectivity index (χ0n) is 18.0. The van der Waals surface area contributed by atoms with Gasteiger partial charge in [-0.25, -0.2) is 4.98 Å². The number of aromatic nitrogens is 1. The molecular weight excluding hydrogens is 422 g/mol. The van der Waals surface area contributed by atoms with Crippen molar-refractivity contribution in [2.45, 2.75) is 13.8 Å². The second-order valence-corrected chi connectivity index (χ2v) is 8.25. The first-order chi connectivity index (χ1) is 13.9. The van der Waals surface area contributed by atoms with Crippen molar-refractivity contribution in [3.8, 4) is 11.5 Å². The first-order valence-electron chi connectivity index (χ1n) is 9.47. The number of hydrogen-bond donors (Lipinski definition) is 0. The number of halogens is 1. The molecule has 30 heavy (non-hydrogen) atoms. The van der Waals surface area contributed by atoms with Gasteiger partial charge in [0.2, 0.25) is 0 Å². The number of anilines is 1. The van der Waals surface area contributed by atoms with Crippen LogP contribution < -0.4 is 14.4 Å². The summed E-state index contributed by atoms with van der Waals surface area (Å²) in [7, 11) is 5.58. The molecule has 6 nitrogen and oxygen atoms in total. The van der Waals surface area contributed by atoms with Crippen LogP contribution in [-0.4, -0.2) is 56.7 Å². The number of nitrogens with zero attached hydrogens (tertiary/aromatic N) is 3. The fourth-order valence-electron chi connectivity index (χ4n) is 3.02. The van der Waals surface area contributed by atoms with E-state index >= 15 is 0 Å². The Kier molecular flexibility index (Phi) is 8.46. The summed E-state index contributed by atoms with van der Waals surface area (Å²) in [6.45, 7) is 5.35. The number of carbonyl (C=O) groups is 1. The molecule has 1 aromatic heterocycles. The molecule has 0 aliphatic rings. The Balaban J connectivity index is 0.00000320. The van der Waals surface area contributed by atoms with Crippen molar-refractivity contribution in [1.82, 2.24) is 9.88 Å². The molecule has 2 aromatic carbocycles. The van der Waals surface area contributed by atoms with Crippen LogP contribution in [0.2, 0.25) is 0 Å². The second-order valence-electron chi connectivity index (χ2n) is 7.24. The second kappa shape index (κ2) is 10.6. The summed E-state index contributed by atoms with van der Waals surface area (Å²) >= 11 is 1.54. The van der Waals surface area contributed by atoms with E-state index in [0.717, 1.165) is 22.3 Å². The van der Waals surface area contributed by atoms with Gasteiger partial charge in [-0.05, 0) is 57.3 Å². The molecule has 0 fully saturated rings. The molecule has 0 atom stereocenters. The van der Waals surface area contributed by atoms with Crippen LogP contribution in [0, 0.1) is 13.8 Å². The van der Waals surface area contributed by atoms with Crippen LogP contribution in [0.1, 0.15) is 11.1 Å². The molecular formula is C22H28ClN3O3S. The maximum absolute atomic E-state index is 13.0. The number of thiazole rings is 1. The van der Waals surface area contributed by atoms with Gasteiger partial charge in [0.15, 0.2) is 11.7 Å². The topological polar surface area (TPSA) is 54.9 Å². The van der Waals surface area contributed by atoms with Gasteiger partial charge in [-0.2, -0.15) is 0 Å². The van der Waals surface area contributed by atoms with Crippen LogP contribution in [0.25, 0.3) is 10.2 Å². The quantitative estimate of drug-likeness (QED) is 0.512. The Morgan fingerprint density at radius 2 is 1.83 bits per heavy atom. The van der Waals surface area contributed by atoms with Crippen molar-refractivity contribution in [2.75, 3.05) is 45.8 Å². The highest BCUT2D eigenvalue weighted by atomic mass is 35.5. The number of benzene rings is 2. The normalized spacial score (nSPS) is 10.7. The summed E-state index contributed by atoms with van der Waals surface area (Å²) in [5.41, 5.74) is 3.26. The SMILES string of the molecule is COc1cccc(OCC(=O)N(CCN(C)C)c2nc3c(C)cc(C)cc3s2)c1.Cl. The van der Waals surface area contributed by atoms with Crippen molar-refractivity contribution < 1.29 is 14.3 Å². The third-order valence-electron chi connectivity index (χ3n) is 4.52. The summed E-state index contributed by atoms with van der Waals surface area (Å²) in [6, 6.07) is 11.5. The first kappa shape index (κ1) is 23.9. The minimum atomic E-state index is -0.122. The number of ether oxygens (including phenoxy) is 2. The van der Waals surface area contributed by atoms with E-state index in [-0.39, 0.29) is 24.9 Å². The lowest BCUT2D eigenvalue weighted by Crippen LogP contribution is -2.39. The zero-order chi connectivity index (χ0) is 21.0. The molecule has 3 aromatic rings. The fourth-order valence-corrected chi connectivity index (χ4v) is 4.20. The Morgan fingerprint density at radius 3 is 2.53 bits per heavy atom. The smallest absolute Gasteiger partial charge is 0.266 e. The third kappa shape index (κ3) is 5.84. The summed E-state index contributed by atoms with van der Waals surface area (Å²) in [5, 5.41) is 0.704. The summed E-state index contributed by atoms with van der Waals surface area (Å²) in [5.74, 6) is 1.17. The van der Waals surface area contributed by atoms with E-state index < -0.39 is 0 Å². The minimum absolute atomic E-state index is 0. The fraction of sp³-hybridized carbons (Fsp3) is 0.364. The Bertz CT molecular complexity index is 1010. The third-order valence-corrected chi connectivity index (χ3v) is 5.55. The van der Waals surface area contributed by atoms with Gasteiger partial charge in [-0.3, -0.25) is 9.69 Å². The number of likely N-dealkylation sites (N-methyl/N-ethyl adjacent to an activating group) is 1. The zero-order valence-corrected chi connectivity index (χ0v) is 19.6. The van der Waals surface area contributed by atoms with Gasteiger partial charge in [0.05, 0.1) is 17.3 Å². The maximum atomic E-state index is 13.0. The predicted octanol–water partition coefficient (Wildman–Crippen LogP) is 4.32. The average Bonchev–Trinajstić information content (AvgIpc) is 3.10. The van der Waals surface area contributed by atoms with Gasteiger partial charge in [0, 0.05) is 19.2 Å². The highest BCUT2D eigenvalue weighted by Crippen LogP contribution is 2.32. The molecule has 1 amide bonds. The van der Waals surface area contributed by atoms with Crippen molar-refractivity contribution in [2.24, 2.45) is 0 Å².